The Morgan fingerprint density at radius 2 is 2.05 bits per heavy atom. The standard InChI is InChI=1S/C16H20N4O/c1-2-9-20(11-12-5-3-4-6-14(12)17)13-7-8-19-15(10-13)16(18)21/h3-8,10H,2,9,11,17H2,1H3,(H2,18,21). The largest absolute Gasteiger partial charge is 0.398 e. The van der Waals surface area contributed by atoms with Crippen LogP contribution in [0.25, 0.3) is 0 Å². The number of benzene rings is 1. The van der Waals surface area contributed by atoms with E-state index in [0.717, 1.165) is 29.9 Å². The first kappa shape index (κ1) is 14.8. The number of carbonyl (C=O) groups is 1. The maximum atomic E-state index is 11.3. The highest BCUT2D eigenvalue weighted by molar-refractivity contribution is 5.91. The van der Waals surface area contributed by atoms with Crippen molar-refractivity contribution in [2.45, 2.75) is 19.9 Å². The molecule has 5 heteroatoms. The summed E-state index contributed by atoms with van der Waals surface area (Å²) in [4.78, 5) is 17.4. The summed E-state index contributed by atoms with van der Waals surface area (Å²) in [7, 11) is 0. The lowest BCUT2D eigenvalue weighted by Gasteiger charge is -2.25. The number of amides is 1. The van der Waals surface area contributed by atoms with Gasteiger partial charge in [-0.2, -0.15) is 0 Å². The molecule has 0 atom stereocenters. The summed E-state index contributed by atoms with van der Waals surface area (Å²) in [6.07, 6.45) is 2.59. The highest BCUT2D eigenvalue weighted by atomic mass is 16.1. The van der Waals surface area contributed by atoms with E-state index in [-0.39, 0.29) is 5.69 Å². The zero-order valence-electron chi connectivity index (χ0n) is 12.1. The van der Waals surface area contributed by atoms with Crippen molar-refractivity contribution >= 4 is 17.3 Å². The van der Waals surface area contributed by atoms with Crippen molar-refractivity contribution in [2.75, 3.05) is 17.2 Å². The lowest BCUT2D eigenvalue weighted by atomic mass is 10.1. The smallest absolute Gasteiger partial charge is 0.267 e. The molecule has 1 aromatic heterocycles. The van der Waals surface area contributed by atoms with Crippen LogP contribution in [0.5, 0.6) is 0 Å². The van der Waals surface area contributed by atoms with E-state index in [1.54, 1.807) is 12.3 Å². The van der Waals surface area contributed by atoms with Crippen LogP contribution in [0, 0.1) is 0 Å². The predicted molar refractivity (Wildman–Crippen MR) is 85.0 cm³/mol. The summed E-state index contributed by atoms with van der Waals surface area (Å²) in [5.41, 5.74) is 14.3. The van der Waals surface area contributed by atoms with Crippen LogP contribution in [0.3, 0.4) is 0 Å². The van der Waals surface area contributed by atoms with Crippen molar-refractivity contribution < 1.29 is 4.79 Å². The second-order valence-electron chi connectivity index (χ2n) is 4.88. The molecule has 0 aliphatic carbocycles. The highest BCUT2D eigenvalue weighted by Crippen LogP contribution is 2.20. The molecular weight excluding hydrogens is 264 g/mol. The van der Waals surface area contributed by atoms with Crippen LogP contribution in [-0.4, -0.2) is 17.4 Å². The summed E-state index contributed by atoms with van der Waals surface area (Å²) in [6.45, 7) is 3.65. The van der Waals surface area contributed by atoms with Crippen LogP contribution in [0.1, 0.15) is 29.4 Å². The van der Waals surface area contributed by atoms with E-state index in [1.807, 2.05) is 30.3 Å². The third kappa shape index (κ3) is 3.72. The van der Waals surface area contributed by atoms with Crippen molar-refractivity contribution in [3.05, 3.63) is 53.9 Å². The molecule has 0 spiro atoms. The van der Waals surface area contributed by atoms with Gasteiger partial charge in [-0.25, -0.2) is 0 Å². The van der Waals surface area contributed by atoms with Gasteiger partial charge in [0.25, 0.3) is 5.91 Å². The Hall–Kier alpha value is -2.56. The Morgan fingerprint density at radius 3 is 2.71 bits per heavy atom. The van der Waals surface area contributed by atoms with Gasteiger partial charge in [0.05, 0.1) is 0 Å². The summed E-state index contributed by atoms with van der Waals surface area (Å²) in [5, 5.41) is 0. The molecule has 1 heterocycles. The lowest BCUT2D eigenvalue weighted by Crippen LogP contribution is -2.25. The summed E-state index contributed by atoms with van der Waals surface area (Å²) < 4.78 is 0. The maximum absolute atomic E-state index is 11.3. The number of pyridine rings is 1. The molecule has 110 valence electrons. The molecule has 2 aromatic rings. The number of primary amides is 1. The normalized spacial score (nSPS) is 10.3. The lowest BCUT2D eigenvalue weighted by molar-refractivity contribution is 0.0995. The SMILES string of the molecule is CCCN(Cc1ccccc1N)c1ccnc(C(N)=O)c1. The van der Waals surface area contributed by atoms with Gasteiger partial charge in [-0.1, -0.05) is 25.1 Å². The van der Waals surface area contributed by atoms with Gasteiger partial charge < -0.3 is 16.4 Å². The van der Waals surface area contributed by atoms with Gasteiger partial charge in [0.1, 0.15) is 5.69 Å². The van der Waals surface area contributed by atoms with E-state index in [1.165, 1.54) is 0 Å². The van der Waals surface area contributed by atoms with E-state index in [0.29, 0.717) is 6.54 Å². The Kier molecular flexibility index (Phi) is 4.77. The third-order valence-electron chi connectivity index (χ3n) is 3.27. The number of nitrogens with two attached hydrogens (primary N) is 2. The minimum atomic E-state index is -0.521. The topological polar surface area (TPSA) is 85.2 Å². The molecule has 0 radical (unpaired) electrons. The quantitative estimate of drug-likeness (QED) is 0.796. The fourth-order valence-corrected chi connectivity index (χ4v) is 2.20. The van der Waals surface area contributed by atoms with Gasteiger partial charge in [0.2, 0.25) is 0 Å². The first-order valence-corrected chi connectivity index (χ1v) is 6.96. The minimum absolute atomic E-state index is 0.273. The number of carbonyl (C=O) groups excluding carboxylic acids is 1. The fourth-order valence-electron chi connectivity index (χ4n) is 2.20. The third-order valence-corrected chi connectivity index (χ3v) is 3.27. The van der Waals surface area contributed by atoms with E-state index in [4.69, 9.17) is 11.5 Å². The molecule has 2 rings (SSSR count). The zero-order valence-corrected chi connectivity index (χ0v) is 12.1. The van der Waals surface area contributed by atoms with Crippen LogP contribution >= 0.6 is 0 Å². The van der Waals surface area contributed by atoms with Gasteiger partial charge in [-0.15, -0.1) is 0 Å². The number of anilines is 2. The van der Waals surface area contributed by atoms with Crippen molar-refractivity contribution in [2.24, 2.45) is 5.73 Å². The molecule has 4 N–H and O–H groups in total. The Bertz CT molecular complexity index is 627. The molecular formula is C16H20N4O. The van der Waals surface area contributed by atoms with Crippen LogP contribution in [0.15, 0.2) is 42.6 Å². The number of hydrogen-bond acceptors (Lipinski definition) is 4. The average molecular weight is 284 g/mol. The number of nitrogen functional groups attached to an aromatic ring is 1. The molecule has 1 amide bonds. The molecule has 0 aliphatic heterocycles. The first-order valence-electron chi connectivity index (χ1n) is 6.96. The number of rotatable bonds is 6. The molecule has 0 saturated carbocycles. The predicted octanol–water partition coefficient (Wildman–Crippen LogP) is 2.18. The van der Waals surface area contributed by atoms with Crippen molar-refractivity contribution in [3.8, 4) is 0 Å². The summed E-state index contributed by atoms with van der Waals surface area (Å²) >= 11 is 0. The van der Waals surface area contributed by atoms with Crippen LogP contribution < -0.4 is 16.4 Å². The Labute approximate surface area is 124 Å². The minimum Gasteiger partial charge on any atom is -0.398 e. The van der Waals surface area contributed by atoms with Crippen molar-refractivity contribution in [1.82, 2.24) is 4.98 Å². The van der Waals surface area contributed by atoms with Crippen LogP contribution in [0.2, 0.25) is 0 Å². The molecule has 21 heavy (non-hydrogen) atoms. The molecule has 0 fully saturated rings. The van der Waals surface area contributed by atoms with Gasteiger partial charge in [-0.05, 0) is 30.2 Å². The van der Waals surface area contributed by atoms with Crippen molar-refractivity contribution in [1.29, 1.82) is 0 Å². The molecule has 0 unspecified atom stereocenters. The molecule has 5 nitrogen and oxygen atoms in total. The Balaban J connectivity index is 2.28. The zero-order chi connectivity index (χ0) is 15.2. The van der Waals surface area contributed by atoms with Gasteiger partial charge >= 0.3 is 0 Å². The first-order chi connectivity index (χ1) is 10.1. The molecule has 0 bridgehead atoms. The van der Waals surface area contributed by atoms with E-state index < -0.39 is 5.91 Å². The van der Waals surface area contributed by atoms with E-state index in [2.05, 4.69) is 16.8 Å². The van der Waals surface area contributed by atoms with Crippen LogP contribution in [-0.2, 0) is 6.54 Å². The average Bonchev–Trinajstić information content (AvgIpc) is 2.49. The maximum Gasteiger partial charge on any atom is 0.267 e. The van der Waals surface area contributed by atoms with E-state index in [9.17, 15) is 4.79 Å². The van der Waals surface area contributed by atoms with Gasteiger partial charge in [-0.3, -0.25) is 9.78 Å². The second kappa shape index (κ2) is 6.74. The monoisotopic (exact) mass is 284 g/mol. The number of hydrogen-bond donors (Lipinski definition) is 2. The fraction of sp³-hybridized carbons (Fsp3) is 0.250. The second-order valence-corrected chi connectivity index (χ2v) is 4.88. The summed E-state index contributed by atoms with van der Waals surface area (Å²) in [6, 6.07) is 11.4. The number of nitrogens with zero attached hydrogens (tertiary/aromatic N) is 2. The molecule has 1 aromatic carbocycles. The summed E-state index contributed by atoms with van der Waals surface area (Å²) in [5.74, 6) is -0.521. The Morgan fingerprint density at radius 1 is 1.29 bits per heavy atom. The van der Waals surface area contributed by atoms with Crippen molar-refractivity contribution in [3.63, 3.8) is 0 Å². The molecule has 0 saturated heterocycles. The van der Waals surface area contributed by atoms with Gasteiger partial charge in [0.15, 0.2) is 0 Å². The van der Waals surface area contributed by atoms with E-state index >= 15 is 0 Å². The number of aromatic nitrogens is 1. The van der Waals surface area contributed by atoms with Crippen LogP contribution in [0.4, 0.5) is 11.4 Å². The van der Waals surface area contributed by atoms with Gasteiger partial charge in [0, 0.05) is 30.7 Å². The molecule has 0 aliphatic rings. The highest BCUT2D eigenvalue weighted by Gasteiger charge is 2.11. The number of para-hydroxylation sites is 1.